The van der Waals surface area contributed by atoms with Gasteiger partial charge in [0.1, 0.15) is 6.33 Å². The van der Waals surface area contributed by atoms with Crippen molar-refractivity contribution >= 4 is 6.21 Å². The second-order valence-electron chi connectivity index (χ2n) is 3.38. The Kier molecular flexibility index (Phi) is 1.58. The summed E-state index contributed by atoms with van der Waals surface area (Å²) in [5, 5.41) is 19.2. The van der Waals surface area contributed by atoms with Gasteiger partial charge in [-0.05, 0) is 12.1 Å². The van der Waals surface area contributed by atoms with Gasteiger partial charge in [-0.25, -0.2) is 4.74 Å². The summed E-state index contributed by atoms with van der Waals surface area (Å²) in [7, 11) is 0. The number of nitrogens with zero attached hydrogens (tertiary/aromatic N) is 4. The third kappa shape index (κ3) is 1.20. The van der Waals surface area contributed by atoms with Crippen LogP contribution in [0.4, 0.5) is 0 Å². The monoisotopic (exact) mass is 200 g/mol. The van der Waals surface area contributed by atoms with Gasteiger partial charge in [0.15, 0.2) is 6.21 Å². The predicted octanol–water partition coefficient (Wildman–Crippen LogP) is 0.710. The van der Waals surface area contributed by atoms with E-state index in [-0.39, 0.29) is 6.54 Å². The SMILES string of the molecule is [O-][N+]1=Cc2ccccc2-n2cnnc2C1. The maximum absolute atomic E-state index is 11.5. The summed E-state index contributed by atoms with van der Waals surface area (Å²) in [4.78, 5) is 0. The van der Waals surface area contributed by atoms with Crippen LogP contribution in [0.5, 0.6) is 0 Å². The molecule has 5 heteroatoms. The summed E-state index contributed by atoms with van der Waals surface area (Å²) in [6.45, 7) is 0.231. The highest BCUT2D eigenvalue weighted by Gasteiger charge is 2.16. The van der Waals surface area contributed by atoms with E-state index in [4.69, 9.17) is 0 Å². The summed E-state index contributed by atoms with van der Waals surface area (Å²) >= 11 is 0. The minimum absolute atomic E-state index is 0.231. The van der Waals surface area contributed by atoms with E-state index >= 15 is 0 Å². The lowest BCUT2D eigenvalue weighted by molar-refractivity contribution is -0.470. The van der Waals surface area contributed by atoms with E-state index in [0.717, 1.165) is 16.0 Å². The average Bonchev–Trinajstić information content (AvgIpc) is 2.62. The molecule has 0 saturated heterocycles. The molecule has 0 aliphatic carbocycles. The number of hydrogen-bond acceptors (Lipinski definition) is 3. The third-order valence-electron chi connectivity index (χ3n) is 2.39. The maximum Gasteiger partial charge on any atom is 0.213 e. The lowest BCUT2D eigenvalue weighted by Gasteiger charge is -2.03. The van der Waals surface area contributed by atoms with Crippen molar-refractivity contribution in [3.63, 3.8) is 0 Å². The van der Waals surface area contributed by atoms with Crippen molar-refractivity contribution < 1.29 is 4.74 Å². The fourth-order valence-electron chi connectivity index (χ4n) is 1.72. The molecule has 1 aromatic heterocycles. The first-order valence-electron chi connectivity index (χ1n) is 4.61. The predicted molar refractivity (Wildman–Crippen MR) is 53.9 cm³/mol. The summed E-state index contributed by atoms with van der Waals surface area (Å²) in [5.41, 5.74) is 1.82. The van der Waals surface area contributed by atoms with Crippen LogP contribution >= 0.6 is 0 Å². The minimum atomic E-state index is 0.231. The molecule has 0 fully saturated rings. The van der Waals surface area contributed by atoms with Crippen LogP contribution in [0.25, 0.3) is 5.69 Å². The zero-order valence-electron chi connectivity index (χ0n) is 7.87. The number of rotatable bonds is 0. The highest BCUT2D eigenvalue weighted by atomic mass is 16.5. The molecular formula is C10H8N4O. The first kappa shape index (κ1) is 8.16. The zero-order chi connectivity index (χ0) is 10.3. The Labute approximate surface area is 85.9 Å². The molecule has 2 heterocycles. The van der Waals surface area contributed by atoms with Crippen molar-refractivity contribution in [3.8, 4) is 5.69 Å². The number of fused-ring (bicyclic) bond motifs is 3. The van der Waals surface area contributed by atoms with Gasteiger partial charge in [-0.1, -0.05) is 12.1 Å². The van der Waals surface area contributed by atoms with Crippen LogP contribution in [-0.2, 0) is 6.54 Å². The van der Waals surface area contributed by atoms with Gasteiger partial charge in [0, 0.05) is 0 Å². The first-order chi connectivity index (χ1) is 7.34. The molecule has 74 valence electrons. The fraction of sp³-hybridized carbons (Fsp3) is 0.100. The smallest absolute Gasteiger partial charge is 0.213 e. The molecule has 0 atom stereocenters. The first-order valence-corrected chi connectivity index (χ1v) is 4.61. The Balaban J connectivity index is 2.34. The number of hydrogen-bond donors (Lipinski definition) is 0. The van der Waals surface area contributed by atoms with Crippen LogP contribution < -0.4 is 0 Å². The molecule has 15 heavy (non-hydrogen) atoms. The van der Waals surface area contributed by atoms with Crippen LogP contribution in [0.2, 0.25) is 0 Å². The van der Waals surface area contributed by atoms with Gasteiger partial charge in [-0.3, -0.25) is 4.57 Å². The highest BCUT2D eigenvalue weighted by molar-refractivity contribution is 5.81. The van der Waals surface area contributed by atoms with Crippen LogP contribution in [0.15, 0.2) is 30.6 Å². The Hall–Kier alpha value is -2.17. The van der Waals surface area contributed by atoms with Gasteiger partial charge < -0.3 is 5.21 Å². The number of hydroxylamine groups is 1. The maximum atomic E-state index is 11.5. The molecule has 1 aliphatic rings. The van der Waals surface area contributed by atoms with Gasteiger partial charge in [0.05, 0.1) is 11.3 Å². The van der Waals surface area contributed by atoms with Crippen molar-refractivity contribution in [3.05, 3.63) is 47.2 Å². The van der Waals surface area contributed by atoms with Crippen LogP contribution in [0, 0.1) is 5.21 Å². The minimum Gasteiger partial charge on any atom is -0.623 e. The number of benzene rings is 1. The van der Waals surface area contributed by atoms with Gasteiger partial charge in [0.25, 0.3) is 0 Å². The Bertz CT molecular complexity index is 544. The Morgan fingerprint density at radius 3 is 3.13 bits per heavy atom. The third-order valence-corrected chi connectivity index (χ3v) is 2.39. The molecule has 1 aliphatic heterocycles. The molecule has 0 amide bonds. The van der Waals surface area contributed by atoms with E-state index in [9.17, 15) is 5.21 Å². The van der Waals surface area contributed by atoms with E-state index in [1.54, 1.807) is 12.5 Å². The van der Waals surface area contributed by atoms with Crippen molar-refractivity contribution in [2.24, 2.45) is 0 Å². The van der Waals surface area contributed by atoms with Crippen molar-refractivity contribution in [1.29, 1.82) is 0 Å². The quantitative estimate of drug-likeness (QED) is 0.465. The van der Waals surface area contributed by atoms with E-state index in [1.165, 1.54) is 0 Å². The summed E-state index contributed by atoms with van der Waals surface area (Å²) in [6, 6.07) is 7.67. The molecule has 5 nitrogen and oxygen atoms in total. The van der Waals surface area contributed by atoms with Gasteiger partial charge in [-0.2, -0.15) is 0 Å². The van der Waals surface area contributed by atoms with Crippen LogP contribution in [0.1, 0.15) is 11.4 Å². The average molecular weight is 200 g/mol. The second-order valence-corrected chi connectivity index (χ2v) is 3.38. The van der Waals surface area contributed by atoms with E-state index in [0.29, 0.717) is 5.82 Å². The van der Waals surface area contributed by atoms with Crippen LogP contribution in [-0.4, -0.2) is 25.7 Å². The van der Waals surface area contributed by atoms with Crippen molar-refractivity contribution in [2.45, 2.75) is 6.54 Å². The molecule has 1 aromatic carbocycles. The lowest BCUT2D eigenvalue weighted by atomic mass is 10.2. The molecular weight excluding hydrogens is 192 g/mol. The standard InChI is InChI=1S/C10H8N4O/c15-13-5-8-3-1-2-4-9(8)14-7-11-12-10(14)6-13/h1-5,7H,6H2. The Morgan fingerprint density at radius 1 is 1.33 bits per heavy atom. The zero-order valence-corrected chi connectivity index (χ0v) is 7.87. The molecule has 3 rings (SSSR count). The summed E-state index contributed by atoms with van der Waals surface area (Å²) < 4.78 is 2.70. The summed E-state index contributed by atoms with van der Waals surface area (Å²) in [6.07, 6.45) is 3.20. The van der Waals surface area contributed by atoms with Crippen LogP contribution in [0.3, 0.4) is 0 Å². The molecule has 2 aromatic rings. The number of para-hydroxylation sites is 1. The molecule has 0 bridgehead atoms. The fourth-order valence-corrected chi connectivity index (χ4v) is 1.72. The van der Waals surface area contributed by atoms with Gasteiger partial charge in [-0.15, -0.1) is 10.2 Å². The topological polar surface area (TPSA) is 56.8 Å². The normalized spacial score (nSPS) is 13.7. The van der Waals surface area contributed by atoms with E-state index < -0.39 is 0 Å². The van der Waals surface area contributed by atoms with Crippen molar-refractivity contribution in [2.75, 3.05) is 0 Å². The molecule has 0 N–H and O–H groups in total. The Morgan fingerprint density at radius 2 is 2.20 bits per heavy atom. The highest BCUT2D eigenvalue weighted by Crippen LogP contribution is 2.16. The molecule has 0 unspecified atom stereocenters. The van der Waals surface area contributed by atoms with Gasteiger partial charge in [0.2, 0.25) is 12.4 Å². The molecule has 0 spiro atoms. The second kappa shape index (κ2) is 2.91. The lowest BCUT2D eigenvalue weighted by Crippen LogP contribution is -2.05. The number of aromatic nitrogens is 3. The molecule has 0 radical (unpaired) electrons. The van der Waals surface area contributed by atoms with Crippen molar-refractivity contribution in [1.82, 2.24) is 14.8 Å². The summed E-state index contributed by atoms with van der Waals surface area (Å²) in [5.74, 6) is 0.659. The van der Waals surface area contributed by atoms with E-state index in [2.05, 4.69) is 10.2 Å². The molecule has 0 saturated carbocycles. The van der Waals surface area contributed by atoms with Gasteiger partial charge >= 0.3 is 0 Å². The largest absolute Gasteiger partial charge is 0.623 e. The van der Waals surface area contributed by atoms with E-state index in [1.807, 2.05) is 28.8 Å².